The van der Waals surface area contributed by atoms with E-state index in [-0.39, 0.29) is 6.61 Å². The molecule has 1 aliphatic rings. The zero-order chi connectivity index (χ0) is 21.0. The van der Waals surface area contributed by atoms with Gasteiger partial charge in [-0.3, -0.25) is 14.5 Å². The molecule has 0 unspecified atom stereocenters. The molecule has 2 N–H and O–H groups in total. The normalized spacial score (nSPS) is 18.3. The van der Waals surface area contributed by atoms with Crippen LogP contribution in [0.25, 0.3) is 0 Å². The lowest BCUT2D eigenvalue weighted by atomic mass is 9.92. The van der Waals surface area contributed by atoms with Crippen LogP contribution in [0.1, 0.15) is 29.8 Å². The lowest BCUT2D eigenvalue weighted by Crippen LogP contribution is -2.42. The summed E-state index contributed by atoms with van der Waals surface area (Å²) in [6, 6.07) is 14.3. The first-order valence-corrected chi connectivity index (χ1v) is 9.12. The number of rotatable bonds is 6. The first-order valence-electron chi connectivity index (χ1n) is 9.12. The van der Waals surface area contributed by atoms with Crippen molar-refractivity contribution in [3.63, 3.8) is 0 Å². The zero-order valence-electron chi connectivity index (χ0n) is 16.1. The van der Waals surface area contributed by atoms with Crippen LogP contribution in [0.5, 0.6) is 0 Å². The van der Waals surface area contributed by atoms with Crippen molar-refractivity contribution >= 4 is 29.5 Å². The number of anilines is 1. The van der Waals surface area contributed by atoms with E-state index >= 15 is 0 Å². The maximum absolute atomic E-state index is 12.8. The number of ether oxygens (including phenoxy) is 1. The summed E-state index contributed by atoms with van der Waals surface area (Å²) in [5, 5.41) is 5.26. The van der Waals surface area contributed by atoms with E-state index in [2.05, 4.69) is 10.6 Å². The Kier molecular flexibility index (Phi) is 5.63. The van der Waals surface area contributed by atoms with E-state index in [4.69, 9.17) is 4.74 Å². The number of benzene rings is 2. The van der Waals surface area contributed by atoms with Crippen LogP contribution in [-0.4, -0.2) is 41.9 Å². The molecule has 0 saturated carbocycles. The number of amides is 4. The molecule has 2 aromatic rings. The van der Waals surface area contributed by atoms with Crippen LogP contribution >= 0.6 is 0 Å². The minimum absolute atomic E-state index is 0.269. The minimum Gasteiger partial charge on any atom is -0.462 e. The van der Waals surface area contributed by atoms with Crippen LogP contribution in [0, 0.1) is 0 Å². The van der Waals surface area contributed by atoms with Crippen molar-refractivity contribution in [2.75, 3.05) is 18.5 Å². The molecule has 3 rings (SSSR count). The fourth-order valence-corrected chi connectivity index (χ4v) is 3.06. The molecule has 1 aliphatic heterocycles. The highest BCUT2D eigenvalue weighted by molar-refractivity contribution is 6.10. The Morgan fingerprint density at radius 3 is 2.34 bits per heavy atom. The summed E-state index contributed by atoms with van der Waals surface area (Å²) in [5.41, 5.74) is 0.203. The van der Waals surface area contributed by atoms with Gasteiger partial charge in [-0.1, -0.05) is 30.3 Å². The third kappa shape index (κ3) is 4.11. The average Bonchev–Trinajstić information content (AvgIpc) is 2.93. The number of nitrogens with one attached hydrogen (secondary N) is 2. The molecular formula is C21H21N3O5. The number of carbonyl (C=O) groups is 4. The summed E-state index contributed by atoms with van der Waals surface area (Å²) in [6.07, 6.45) is 0. The maximum atomic E-state index is 12.8. The highest BCUT2D eigenvalue weighted by atomic mass is 16.5. The number of esters is 1. The van der Waals surface area contributed by atoms with Crippen molar-refractivity contribution < 1.29 is 23.9 Å². The summed E-state index contributed by atoms with van der Waals surface area (Å²) in [6.45, 7) is 3.16. The van der Waals surface area contributed by atoms with Crippen molar-refractivity contribution in [1.29, 1.82) is 0 Å². The van der Waals surface area contributed by atoms with E-state index < -0.39 is 35.9 Å². The lowest BCUT2D eigenvalue weighted by Gasteiger charge is -2.22. The van der Waals surface area contributed by atoms with Crippen molar-refractivity contribution in [2.45, 2.75) is 19.4 Å². The summed E-state index contributed by atoms with van der Waals surface area (Å²) >= 11 is 0. The molecule has 2 aromatic carbocycles. The van der Waals surface area contributed by atoms with Gasteiger partial charge in [-0.15, -0.1) is 0 Å². The molecule has 8 nitrogen and oxygen atoms in total. The van der Waals surface area contributed by atoms with E-state index in [0.717, 1.165) is 4.90 Å². The zero-order valence-corrected chi connectivity index (χ0v) is 16.1. The van der Waals surface area contributed by atoms with Gasteiger partial charge in [-0.25, -0.2) is 9.59 Å². The van der Waals surface area contributed by atoms with Crippen molar-refractivity contribution in [1.82, 2.24) is 10.2 Å². The molecule has 1 heterocycles. The first-order chi connectivity index (χ1) is 13.8. The van der Waals surface area contributed by atoms with E-state index in [9.17, 15) is 19.2 Å². The molecule has 150 valence electrons. The Morgan fingerprint density at radius 2 is 1.72 bits per heavy atom. The Morgan fingerprint density at radius 1 is 1.07 bits per heavy atom. The molecule has 1 atom stereocenters. The van der Waals surface area contributed by atoms with E-state index in [1.165, 1.54) is 12.1 Å². The molecule has 0 radical (unpaired) electrons. The minimum atomic E-state index is -1.22. The SMILES string of the molecule is CCOC(=O)c1ccc(NC(=O)CN2C(=O)N[C@@](C)(c3ccccc3)C2=O)cc1. The predicted octanol–water partition coefficient (Wildman–Crippen LogP) is 2.27. The second-order valence-electron chi connectivity index (χ2n) is 6.66. The van der Waals surface area contributed by atoms with Crippen LogP contribution in [0.4, 0.5) is 10.5 Å². The lowest BCUT2D eigenvalue weighted by molar-refractivity contribution is -0.133. The molecule has 0 spiro atoms. The number of carbonyl (C=O) groups excluding carboxylic acids is 4. The summed E-state index contributed by atoms with van der Waals surface area (Å²) in [5.74, 6) is -1.49. The molecular weight excluding hydrogens is 374 g/mol. The van der Waals surface area contributed by atoms with Gasteiger partial charge in [-0.05, 0) is 43.7 Å². The van der Waals surface area contributed by atoms with Crippen LogP contribution in [0.2, 0.25) is 0 Å². The Hall–Kier alpha value is -3.68. The van der Waals surface area contributed by atoms with Gasteiger partial charge < -0.3 is 15.4 Å². The Labute approximate surface area is 167 Å². The molecule has 0 aromatic heterocycles. The number of nitrogens with zero attached hydrogens (tertiary/aromatic N) is 1. The monoisotopic (exact) mass is 395 g/mol. The largest absolute Gasteiger partial charge is 0.462 e. The fourth-order valence-electron chi connectivity index (χ4n) is 3.06. The third-order valence-corrected chi connectivity index (χ3v) is 4.61. The summed E-state index contributed by atoms with van der Waals surface area (Å²) in [4.78, 5) is 50.0. The molecule has 0 aliphatic carbocycles. The van der Waals surface area contributed by atoms with E-state index in [0.29, 0.717) is 16.8 Å². The highest BCUT2D eigenvalue weighted by Crippen LogP contribution is 2.28. The van der Waals surface area contributed by atoms with E-state index in [1.807, 2.05) is 6.07 Å². The maximum Gasteiger partial charge on any atom is 0.338 e. The summed E-state index contributed by atoms with van der Waals surface area (Å²) in [7, 11) is 0. The molecule has 8 heteroatoms. The van der Waals surface area contributed by atoms with Gasteiger partial charge in [0.25, 0.3) is 5.91 Å². The van der Waals surface area contributed by atoms with Crippen LogP contribution in [-0.2, 0) is 19.9 Å². The standard InChI is InChI=1S/C21H21N3O5/c1-3-29-18(26)14-9-11-16(12-10-14)22-17(25)13-24-19(27)21(2,23-20(24)28)15-7-5-4-6-8-15/h4-12H,3,13H2,1-2H3,(H,22,25)(H,23,28)/t21-/m0/s1. The van der Waals surface area contributed by atoms with Crippen molar-refractivity contribution in [3.8, 4) is 0 Å². The average molecular weight is 395 g/mol. The van der Waals surface area contributed by atoms with E-state index in [1.54, 1.807) is 50.2 Å². The molecule has 4 amide bonds. The number of urea groups is 1. The first kappa shape index (κ1) is 20.1. The third-order valence-electron chi connectivity index (χ3n) is 4.61. The van der Waals surface area contributed by atoms with Crippen molar-refractivity contribution in [3.05, 3.63) is 65.7 Å². The number of hydrogen-bond donors (Lipinski definition) is 2. The topological polar surface area (TPSA) is 105 Å². The Bertz CT molecular complexity index is 943. The summed E-state index contributed by atoms with van der Waals surface area (Å²) < 4.78 is 4.90. The molecule has 1 fully saturated rings. The molecule has 0 bridgehead atoms. The highest BCUT2D eigenvalue weighted by Gasteiger charge is 2.49. The fraction of sp³-hybridized carbons (Fsp3) is 0.238. The molecule has 29 heavy (non-hydrogen) atoms. The van der Waals surface area contributed by atoms with Gasteiger partial charge in [0.2, 0.25) is 5.91 Å². The van der Waals surface area contributed by atoms with Gasteiger partial charge in [0.05, 0.1) is 12.2 Å². The quantitative estimate of drug-likeness (QED) is 0.577. The van der Waals surface area contributed by atoms with Crippen LogP contribution < -0.4 is 10.6 Å². The second-order valence-corrected chi connectivity index (χ2v) is 6.66. The van der Waals surface area contributed by atoms with Gasteiger partial charge in [0.15, 0.2) is 0 Å². The predicted molar refractivity (Wildman–Crippen MR) is 105 cm³/mol. The molecule has 1 saturated heterocycles. The van der Waals surface area contributed by atoms with Crippen LogP contribution in [0.15, 0.2) is 54.6 Å². The second kappa shape index (κ2) is 8.14. The van der Waals surface area contributed by atoms with Gasteiger partial charge in [0.1, 0.15) is 12.1 Å². The van der Waals surface area contributed by atoms with Gasteiger partial charge in [0, 0.05) is 5.69 Å². The smallest absolute Gasteiger partial charge is 0.338 e. The van der Waals surface area contributed by atoms with Gasteiger partial charge >= 0.3 is 12.0 Å². The van der Waals surface area contributed by atoms with Gasteiger partial charge in [-0.2, -0.15) is 0 Å². The number of imide groups is 1. The number of hydrogen-bond acceptors (Lipinski definition) is 5. The van der Waals surface area contributed by atoms with Crippen molar-refractivity contribution in [2.24, 2.45) is 0 Å². The van der Waals surface area contributed by atoms with Crippen LogP contribution in [0.3, 0.4) is 0 Å². The Balaban J connectivity index is 1.65.